The van der Waals surface area contributed by atoms with E-state index in [1.165, 1.54) is 6.42 Å². The molecule has 3 rings (SSSR count). The maximum Gasteiger partial charge on any atom is 0.306 e. The molecule has 1 spiro atoms. The van der Waals surface area contributed by atoms with E-state index in [1.54, 1.807) is 25.1 Å². The minimum absolute atomic E-state index is 0.249. The van der Waals surface area contributed by atoms with Crippen molar-refractivity contribution in [1.29, 1.82) is 0 Å². The highest BCUT2D eigenvalue weighted by Crippen LogP contribution is 2.46. The fraction of sp³-hybridized carbons (Fsp3) is 0.529. The first-order valence-electron chi connectivity index (χ1n) is 8.08. The lowest BCUT2D eigenvalue weighted by Crippen LogP contribution is -2.40. The van der Waals surface area contributed by atoms with Crippen LogP contribution in [0, 0.1) is 0 Å². The van der Waals surface area contributed by atoms with Crippen LogP contribution in [0.5, 0.6) is 11.5 Å². The molecule has 0 radical (unpaired) electrons. The summed E-state index contributed by atoms with van der Waals surface area (Å²) in [6, 6.07) is 5.30. The van der Waals surface area contributed by atoms with Crippen molar-refractivity contribution in [3.8, 4) is 11.5 Å². The summed E-state index contributed by atoms with van der Waals surface area (Å²) in [6.07, 6.45) is 5.43. The van der Waals surface area contributed by atoms with E-state index in [4.69, 9.17) is 14.2 Å². The number of nitrogens with one attached hydrogen (secondary N) is 1. The molecule has 1 aromatic rings. The fourth-order valence-corrected chi connectivity index (χ4v) is 2.91. The maximum atomic E-state index is 11.8. The van der Waals surface area contributed by atoms with Crippen LogP contribution in [0.15, 0.2) is 18.2 Å². The van der Waals surface area contributed by atoms with Crippen molar-refractivity contribution < 1.29 is 23.8 Å². The van der Waals surface area contributed by atoms with Gasteiger partial charge in [-0.25, -0.2) is 0 Å². The molecule has 0 atom stereocenters. The normalized spacial score (nSPS) is 17.8. The second kappa shape index (κ2) is 6.48. The quantitative estimate of drug-likeness (QED) is 0.864. The molecule has 1 fully saturated rings. The van der Waals surface area contributed by atoms with Gasteiger partial charge in [0, 0.05) is 31.0 Å². The Hall–Kier alpha value is -2.24. The van der Waals surface area contributed by atoms with Crippen LogP contribution in [0.3, 0.4) is 0 Å². The van der Waals surface area contributed by atoms with Crippen LogP contribution in [0.25, 0.3) is 0 Å². The molecule has 2 aliphatic rings. The van der Waals surface area contributed by atoms with Crippen LogP contribution < -0.4 is 14.8 Å². The molecular formula is C17H21NO5. The second-order valence-electron chi connectivity index (χ2n) is 5.90. The van der Waals surface area contributed by atoms with Crippen LogP contribution in [-0.2, 0) is 14.3 Å². The number of carbonyl (C=O) groups excluding carboxylic acids is 2. The van der Waals surface area contributed by atoms with E-state index >= 15 is 0 Å². The van der Waals surface area contributed by atoms with Gasteiger partial charge in [-0.3, -0.25) is 9.59 Å². The van der Waals surface area contributed by atoms with Gasteiger partial charge in [-0.15, -0.1) is 0 Å². The number of amides is 1. The molecule has 0 unspecified atom stereocenters. The molecule has 23 heavy (non-hydrogen) atoms. The molecule has 1 aliphatic heterocycles. The number of esters is 1. The van der Waals surface area contributed by atoms with Gasteiger partial charge in [-0.1, -0.05) is 13.3 Å². The average Bonchev–Trinajstić information content (AvgIpc) is 2.89. The Balaban J connectivity index is 1.61. The third-order valence-electron chi connectivity index (χ3n) is 4.09. The molecule has 1 N–H and O–H groups in total. The van der Waals surface area contributed by atoms with Crippen molar-refractivity contribution in [2.45, 2.75) is 51.2 Å². The SMILES string of the molecule is CCC(=O)OCC(=O)Nc1ccc2c(c1)OC1(CCCCC1)O2. The summed E-state index contributed by atoms with van der Waals surface area (Å²) in [5.41, 5.74) is 0.595. The molecule has 6 heteroatoms. The van der Waals surface area contributed by atoms with Gasteiger partial charge in [0.1, 0.15) is 0 Å². The first-order valence-corrected chi connectivity index (χ1v) is 8.08. The Labute approximate surface area is 135 Å². The number of fused-ring (bicyclic) bond motifs is 1. The van der Waals surface area contributed by atoms with Gasteiger partial charge in [0.2, 0.25) is 0 Å². The summed E-state index contributed by atoms with van der Waals surface area (Å²) in [5.74, 6) is 0.0561. The largest absolute Gasteiger partial charge is 0.456 e. The van der Waals surface area contributed by atoms with Crippen LogP contribution in [0.2, 0.25) is 0 Å². The Morgan fingerprint density at radius 2 is 1.91 bits per heavy atom. The molecule has 1 heterocycles. The van der Waals surface area contributed by atoms with E-state index in [1.807, 2.05) is 0 Å². The highest BCUT2D eigenvalue weighted by atomic mass is 16.7. The number of hydrogen-bond acceptors (Lipinski definition) is 5. The van der Waals surface area contributed by atoms with Crippen molar-refractivity contribution >= 4 is 17.6 Å². The zero-order valence-electron chi connectivity index (χ0n) is 13.2. The number of rotatable bonds is 4. The molecule has 0 saturated heterocycles. The van der Waals surface area contributed by atoms with Crippen LogP contribution in [0.4, 0.5) is 5.69 Å². The minimum Gasteiger partial charge on any atom is -0.456 e. The van der Waals surface area contributed by atoms with Gasteiger partial charge < -0.3 is 19.5 Å². The zero-order chi connectivity index (χ0) is 16.3. The van der Waals surface area contributed by atoms with Crippen molar-refractivity contribution in [3.63, 3.8) is 0 Å². The van der Waals surface area contributed by atoms with E-state index in [0.29, 0.717) is 17.2 Å². The molecule has 1 saturated carbocycles. The standard InChI is InChI=1S/C17H21NO5/c1-2-16(20)21-11-15(19)18-12-6-7-13-14(10-12)23-17(22-13)8-4-3-5-9-17/h6-7,10H,2-5,8-9,11H2,1H3,(H,18,19). The number of anilines is 1. The topological polar surface area (TPSA) is 73.9 Å². The Morgan fingerprint density at radius 3 is 2.65 bits per heavy atom. The van der Waals surface area contributed by atoms with E-state index in [2.05, 4.69) is 5.32 Å². The lowest BCUT2D eigenvalue weighted by atomic mass is 9.94. The summed E-state index contributed by atoms with van der Waals surface area (Å²) < 4.78 is 16.8. The predicted octanol–water partition coefficient (Wildman–Crippen LogP) is 3.01. The number of benzene rings is 1. The van der Waals surface area contributed by atoms with Gasteiger partial charge >= 0.3 is 5.97 Å². The molecule has 124 valence electrons. The van der Waals surface area contributed by atoms with Crippen molar-refractivity contribution in [2.75, 3.05) is 11.9 Å². The van der Waals surface area contributed by atoms with E-state index in [-0.39, 0.29) is 18.9 Å². The molecule has 1 amide bonds. The van der Waals surface area contributed by atoms with Gasteiger partial charge in [0.05, 0.1) is 0 Å². The maximum absolute atomic E-state index is 11.8. The number of hydrogen-bond donors (Lipinski definition) is 1. The summed E-state index contributed by atoms with van der Waals surface area (Å²) >= 11 is 0. The number of ether oxygens (including phenoxy) is 3. The number of carbonyl (C=O) groups is 2. The van der Waals surface area contributed by atoms with Gasteiger partial charge in [0.25, 0.3) is 11.7 Å². The van der Waals surface area contributed by atoms with E-state index in [9.17, 15) is 9.59 Å². The Morgan fingerprint density at radius 1 is 1.17 bits per heavy atom. The summed E-state index contributed by atoms with van der Waals surface area (Å²) in [4.78, 5) is 22.8. The smallest absolute Gasteiger partial charge is 0.306 e. The highest BCUT2D eigenvalue weighted by molar-refractivity contribution is 5.93. The van der Waals surface area contributed by atoms with Crippen molar-refractivity contribution in [3.05, 3.63) is 18.2 Å². The van der Waals surface area contributed by atoms with E-state index in [0.717, 1.165) is 25.7 Å². The highest BCUT2D eigenvalue weighted by Gasteiger charge is 2.42. The van der Waals surface area contributed by atoms with Crippen LogP contribution in [-0.4, -0.2) is 24.3 Å². The molecule has 0 bridgehead atoms. The summed E-state index contributed by atoms with van der Waals surface area (Å²) in [6.45, 7) is 1.39. The lowest BCUT2D eigenvalue weighted by Gasteiger charge is -2.31. The van der Waals surface area contributed by atoms with Gasteiger partial charge in [0.15, 0.2) is 18.1 Å². The molecule has 0 aromatic heterocycles. The van der Waals surface area contributed by atoms with Gasteiger partial charge in [-0.05, 0) is 25.0 Å². The van der Waals surface area contributed by atoms with E-state index < -0.39 is 11.8 Å². The minimum atomic E-state index is -0.528. The van der Waals surface area contributed by atoms with Crippen molar-refractivity contribution in [1.82, 2.24) is 0 Å². The van der Waals surface area contributed by atoms with Crippen LogP contribution in [0.1, 0.15) is 45.4 Å². The third kappa shape index (κ3) is 3.57. The fourth-order valence-electron chi connectivity index (χ4n) is 2.91. The summed E-state index contributed by atoms with van der Waals surface area (Å²) in [5, 5.41) is 2.69. The summed E-state index contributed by atoms with van der Waals surface area (Å²) in [7, 11) is 0. The predicted molar refractivity (Wildman–Crippen MR) is 83.4 cm³/mol. The van der Waals surface area contributed by atoms with Gasteiger partial charge in [-0.2, -0.15) is 0 Å². The molecule has 1 aliphatic carbocycles. The second-order valence-corrected chi connectivity index (χ2v) is 5.90. The third-order valence-corrected chi connectivity index (χ3v) is 4.09. The van der Waals surface area contributed by atoms with Crippen molar-refractivity contribution in [2.24, 2.45) is 0 Å². The lowest BCUT2D eigenvalue weighted by molar-refractivity contribution is -0.146. The van der Waals surface area contributed by atoms with Crippen LogP contribution >= 0.6 is 0 Å². The monoisotopic (exact) mass is 319 g/mol. The Bertz CT molecular complexity index is 607. The Kier molecular flexibility index (Phi) is 4.41. The first kappa shape index (κ1) is 15.6. The molecule has 6 nitrogen and oxygen atoms in total. The molecular weight excluding hydrogens is 298 g/mol. The zero-order valence-corrected chi connectivity index (χ0v) is 13.2. The first-order chi connectivity index (χ1) is 11.1. The average molecular weight is 319 g/mol. The molecule has 1 aromatic carbocycles.